The van der Waals surface area contributed by atoms with Gasteiger partial charge in [0, 0.05) is 32.0 Å². The van der Waals surface area contributed by atoms with Gasteiger partial charge in [0.2, 0.25) is 5.91 Å². The summed E-state index contributed by atoms with van der Waals surface area (Å²) < 4.78 is 26.2. The van der Waals surface area contributed by atoms with Crippen molar-refractivity contribution in [3.63, 3.8) is 0 Å². The number of hydrogen-bond acceptors (Lipinski definition) is 3. The molecule has 1 aliphatic heterocycles. The van der Waals surface area contributed by atoms with Crippen LogP contribution < -0.4 is 5.73 Å². The largest absolute Gasteiger partial charge is 0.342 e. The van der Waals surface area contributed by atoms with Crippen molar-refractivity contribution < 1.29 is 18.4 Å². The summed E-state index contributed by atoms with van der Waals surface area (Å²) in [6, 6.07) is 2.81. The second-order valence-electron chi connectivity index (χ2n) is 5.28. The van der Waals surface area contributed by atoms with Crippen LogP contribution in [-0.2, 0) is 4.79 Å². The number of Topliss-reactive ketones (excluding diaryl/α,β-unsaturated/α-hetero) is 1. The molecular formula is C15H19ClF2N2O2. The zero-order valence-electron chi connectivity index (χ0n) is 12.1. The molecule has 1 heterocycles. The molecule has 1 aliphatic rings. The Labute approximate surface area is 134 Å². The van der Waals surface area contributed by atoms with Gasteiger partial charge in [-0.25, -0.2) is 8.78 Å². The highest BCUT2D eigenvalue weighted by Crippen LogP contribution is 2.17. The molecule has 0 bridgehead atoms. The molecule has 0 aromatic heterocycles. The van der Waals surface area contributed by atoms with Gasteiger partial charge in [0.15, 0.2) is 5.78 Å². The standard InChI is InChI=1S/C15H18F2N2O2.ClH/c16-11-1-2-12(13(17)7-11)14(20)3-4-15(21)19-6-5-10(8-18)9-19;/h1-2,7,10H,3-6,8-9,18H2;1H. The first-order chi connectivity index (χ1) is 10.0. The quantitative estimate of drug-likeness (QED) is 0.840. The fraction of sp³-hybridized carbons (Fsp3) is 0.467. The van der Waals surface area contributed by atoms with Gasteiger partial charge in [-0.15, -0.1) is 12.4 Å². The van der Waals surface area contributed by atoms with Crippen LogP contribution in [0.15, 0.2) is 18.2 Å². The molecule has 0 aliphatic carbocycles. The maximum atomic E-state index is 13.5. The number of nitrogens with zero attached hydrogens (tertiary/aromatic N) is 1. The number of rotatable bonds is 5. The fourth-order valence-corrected chi connectivity index (χ4v) is 2.48. The third-order valence-electron chi connectivity index (χ3n) is 3.77. The van der Waals surface area contributed by atoms with Gasteiger partial charge in [0.05, 0.1) is 5.56 Å². The molecule has 1 aromatic rings. The molecule has 2 rings (SSSR count). The molecule has 1 amide bonds. The summed E-state index contributed by atoms with van der Waals surface area (Å²) in [5.41, 5.74) is 5.38. The average Bonchev–Trinajstić information content (AvgIpc) is 2.93. The highest BCUT2D eigenvalue weighted by molar-refractivity contribution is 5.98. The number of carbonyl (C=O) groups is 2. The molecule has 1 aromatic carbocycles. The van der Waals surface area contributed by atoms with Gasteiger partial charge >= 0.3 is 0 Å². The molecule has 1 fully saturated rings. The number of carbonyl (C=O) groups excluding carboxylic acids is 2. The van der Waals surface area contributed by atoms with Gasteiger partial charge in [-0.1, -0.05) is 0 Å². The lowest BCUT2D eigenvalue weighted by Crippen LogP contribution is -2.30. The van der Waals surface area contributed by atoms with Crippen LogP contribution in [0.4, 0.5) is 8.78 Å². The molecule has 0 radical (unpaired) electrons. The first-order valence-electron chi connectivity index (χ1n) is 6.97. The van der Waals surface area contributed by atoms with E-state index in [4.69, 9.17) is 5.73 Å². The summed E-state index contributed by atoms with van der Waals surface area (Å²) in [7, 11) is 0. The topological polar surface area (TPSA) is 63.4 Å². The summed E-state index contributed by atoms with van der Waals surface area (Å²) in [4.78, 5) is 25.5. The number of hydrogen-bond donors (Lipinski definition) is 1. The van der Waals surface area contributed by atoms with Crippen molar-refractivity contribution in [1.29, 1.82) is 0 Å². The Hall–Kier alpha value is -1.53. The van der Waals surface area contributed by atoms with Gasteiger partial charge in [-0.05, 0) is 31.0 Å². The number of ketones is 1. The summed E-state index contributed by atoms with van der Waals surface area (Å²) in [6.45, 7) is 1.82. The van der Waals surface area contributed by atoms with Crippen molar-refractivity contribution in [3.05, 3.63) is 35.4 Å². The Kier molecular flexibility index (Phi) is 6.90. The van der Waals surface area contributed by atoms with Crippen molar-refractivity contribution in [2.75, 3.05) is 19.6 Å². The van der Waals surface area contributed by atoms with Gasteiger partial charge in [0.25, 0.3) is 0 Å². The number of benzene rings is 1. The van der Waals surface area contributed by atoms with Crippen LogP contribution in [0.25, 0.3) is 0 Å². The SMILES string of the molecule is Cl.NCC1CCN(C(=O)CCC(=O)c2ccc(F)cc2F)C1. The molecule has 22 heavy (non-hydrogen) atoms. The monoisotopic (exact) mass is 332 g/mol. The van der Waals surface area contributed by atoms with E-state index in [0.717, 1.165) is 18.6 Å². The Morgan fingerprint density at radius 1 is 1.27 bits per heavy atom. The first-order valence-corrected chi connectivity index (χ1v) is 6.97. The second-order valence-corrected chi connectivity index (χ2v) is 5.28. The van der Waals surface area contributed by atoms with Crippen molar-refractivity contribution in [2.45, 2.75) is 19.3 Å². The van der Waals surface area contributed by atoms with E-state index < -0.39 is 17.4 Å². The van der Waals surface area contributed by atoms with Crippen LogP contribution in [-0.4, -0.2) is 36.2 Å². The van der Waals surface area contributed by atoms with Gasteiger partial charge in [-0.3, -0.25) is 9.59 Å². The summed E-state index contributed by atoms with van der Waals surface area (Å²) in [5, 5.41) is 0. The number of amides is 1. The molecule has 4 nitrogen and oxygen atoms in total. The third kappa shape index (κ3) is 4.48. The van der Waals surface area contributed by atoms with Crippen molar-refractivity contribution >= 4 is 24.1 Å². The highest BCUT2D eigenvalue weighted by Gasteiger charge is 2.25. The average molecular weight is 333 g/mol. The minimum Gasteiger partial charge on any atom is -0.342 e. The Bertz CT molecular complexity index is 554. The number of halogens is 3. The van der Waals surface area contributed by atoms with Crippen LogP contribution in [0.5, 0.6) is 0 Å². The van der Waals surface area contributed by atoms with E-state index >= 15 is 0 Å². The van der Waals surface area contributed by atoms with Crippen LogP contribution in [0, 0.1) is 17.6 Å². The molecule has 122 valence electrons. The predicted molar refractivity (Wildman–Crippen MR) is 80.9 cm³/mol. The second kappa shape index (κ2) is 8.19. The van der Waals surface area contributed by atoms with Crippen molar-refractivity contribution in [1.82, 2.24) is 4.90 Å². The molecule has 2 N–H and O–H groups in total. The number of likely N-dealkylation sites (tertiary alicyclic amines) is 1. The first kappa shape index (κ1) is 18.5. The third-order valence-corrected chi connectivity index (χ3v) is 3.77. The Balaban J connectivity index is 0.00000242. The maximum Gasteiger partial charge on any atom is 0.223 e. The Morgan fingerprint density at radius 3 is 2.59 bits per heavy atom. The lowest BCUT2D eigenvalue weighted by Gasteiger charge is -2.16. The predicted octanol–water partition coefficient (Wildman–Crippen LogP) is 2.16. The minimum atomic E-state index is -0.892. The van der Waals surface area contributed by atoms with Crippen LogP contribution in [0.2, 0.25) is 0 Å². The van der Waals surface area contributed by atoms with Crippen LogP contribution >= 0.6 is 12.4 Å². The van der Waals surface area contributed by atoms with Crippen LogP contribution in [0.1, 0.15) is 29.6 Å². The fourth-order valence-electron chi connectivity index (χ4n) is 2.48. The molecular weight excluding hydrogens is 314 g/mol. The zero-order chi connectivity index (χ0) is 15.4. The lowest BCUT2D eigenvalue weighted by atomic mass is 10.1. The minimum absolute atomic E-state index is 0. The summed E-state index contributed by atoms with van der Waals surface area (Å²) >= 11 is 0. The van der Waals surface area contributed by atoms with E-state index in [9.17, 15) is 18.4 Å². The smallest absolute Gasteiger partial charge is 0.223 e. The molecule has 1 atom stereocenters. The highest BCUT2D eigenvalue weighted by atomic mass is 35.5. The molecule has 0 spiro atoms. The van der Waals surface area contributed by atoms with E-state index in [0.29, 0.717) is 31.6 Å². The Morgan fingerprint density at radius 2 is 2.00 bits per heavy atom. The van der Waals surface area contributed by atoms with E-state index in [-0.39, 0.29) is 36.7 Å². The van der Waals surface area contributed by atoms with Crippen LogP contribution in [0.3, 0.4) is 0 Å². The lowest BCUT2D eigenvalue weighted by molar-refractivity contribution is -0.130. The summed E-state index contributed by atoms with van der Waals surface area (Å²) in [6.07, 6.45) is 0.834. The molecule has 7 heteroatoms. The summed E-state index contributed by atoms with van der Waals surface area (Å²) in [5.74, 6) is -1.92. The maximum absolute atomic E-state index is 13.5. The van der Waals surface area contributed by atoms with Gasteiger partial charge in [0.1, 0.15) is 11.6 Å². The molecule has 1 unspecified atom stereocenters. The zero-order valence-corrected chi connectivity index (χ0v) is 12.9. The van der Waals surface area contributed by atoms with Crippen molar-refractivity contribution in [3.8, 4) is 0 Å². The van der Waals surface area contributed by atoms with E-state index in [1.54, 1.807) is 4.90 Å². The molecule has 0 saturated carbocycles. The van der Waals surface area contributed by atoms with Gasteiger partial charge in [-0.2, -0.15) is 0 Å². The van der Waals surface area contributed by atoms with E-state index in [1.165, 1.54) is 0 Å². The normalized spacial score (nSPS) is 17.2. The van der Waals surface area contributed by atoms with Crippen molar-refractivity contribution in [2.24, 2.45) is 11.7 Å². The van der Waals surface area contributed by atoms with Gasteiger partial charge < -0.3 is 10.6 Å². The molecule has 1 saturated heterocycles. The van der Waals surface area contributed by atoms with E-state index in [2.05, 4.69) is 0 Å². The number of nitrogens with two attached hydrogens (primary N) is 1. The van der Waals surface area contributed by atoms with E-state index in [1.807, 2.05) is 0 Å².